The van der Waals surface area contributed by atoms with Gasteiger partial charge in [0.25, 0.3) is 0 Å². The molecular formula is C15H11F3O. The highest BCUT2D eigenvalue weighted by atomic mass is 19.4. The van der Waals surface area contributed by atoms with Crippen LogP contribution in [0.25, 0.3) is 11.1 Å². The Balaban J connectivity index is 2.53. The fourth-order valence-electron chi connectivity index (χ4n) is 1.92. The molecule has 19 heavy (non-hydrogen) atoms. The molecule has 0 radical (unpaired) electrons. The molecule has 0 aliphatic heterocycles. The Bertz CT molecular complexity index is 574. The van der Waals surface area contributed by atoms with Gasteiger partial charge in [-0.2, -0.15) is 13.2 Å². The van der Waals surface area contributed by atoms with E-state index in [9.17, 15) is 18.0 Å². The maximum absolute atomic E-state index is 13.0. The van der Waals surface area contributed by atoms with Crippen molar-refractivity contribution in [1.29, 1.82) is 0 Å². The molecule has 0 saturated carbocycles. The largest absolute Gasteiger partial charge is 0.416 e. The summed E-state index contributed by atoms with van der Waals surface area (Å²) in [5.74, 6) is 0. The quantitative estimate of drug-likeness (QED) is 0.762. The SMILES string of the molecule is O=CCc1ccc(-c2ccccc2)cc1C(F)(F)F. The molecule has 0 aromatic heterocycles. The first-order chi connectivity index (χ1) is 9.02. The summed E-state index contributed by atoms with van der Waals surface area (Å²) in [6.45, 7) is 0. The normalized spacial score (nSPS) is 11.3. The van der Waals surface area contributed by atoms with E-state index in [2.05, 4.69) is 0 Å². The number of carbonyl (C=O) groups excluding carboxylic acids is 1. The van der Waals surface area contributed by atoms with Crippen molar-refractivity contribution < 1.29 is 18.0 Å². The second-order valence-corrected chi connectivity index (χ2v) is 4.11. The van der Waals surface area contributed by atoms with Gasteiger partial charge in [-0.3, -0.25) is 0 Å². The maximum Gasteiger partial charge on any atom is 0.416 e. The fourth-order valence-corrected chi connectivity index (χ4v) is 1.92. The summed E-state index contributed by atoms with van der Waals surface area (Å²) in [5.41, 5.74) is 0.455. The zero-order valence-electron chi connectivity index (χ0n) is 9.95. The fraction of sp³-hybridized carbons (Fsp3) is 0.133. The zero-order chi connectivity index (χ0) is 13.9. The van der Waals surface area contributed by atoms with Crippen molar-refractivity contribution in [3.05, 3.63) is 59.7 Å². The van der Waals surface area contributed by atoms with Crippen LogP contribution in [0.15, 0.2) is 48.5 Å². The van der Waals surface area contributed by atoms with Gasteiger partial charge in [0.2, 0.25) is 0 Å². The molecule has 0 heterocycles. The number of carbonyl (C=O) groups is 1. The van der Waals surface area contributed by atoms with Gasteiger partial charge in [0.15, 0.2) is 0 Å². The van der Waals surface area contributed by atoms with Crippen LogP contribution < -0.4 is 0 Å². The number of hydrogen-bond acceptors (Lipinski definition) is 1. The van der Waals surface area contributed by atoms with E-state index in [1.165, 1.54) is 6.07 Å². The molecule has 4 heteroatoms. The number of benzene rings is 2. The highest BCUT2D eigenvalue weighted by molar-refractivity contribution is 5.66. The monoisotopic (exact) mass is 264 g/mol. The highest BCUT2D eigenvalue weighted by Gasteiger charge is 2.33. The Morgan fingerprint density at radius 2 is 1.63 bits per heavy atom. The van der Waals surface area contributed by atoms with E-state index in [0.717, 1.165) is 6.07 Å². The van der Waals surface area contributed by atoms with E-state index in [-0.39, 0.29) is 12.0 Å². The van der Waals surface area contributed by atoms with E-state index in [4.69, 9.17) is 0 Å². The van der Waals surface area contributed by atoms with Gasteiger partial charge in [-0.25, -0.2) is 0 Å². The van der Waals surface area contributed by atoms with Gasteiger partial charge >= 0.3 is 6.18 Å². The number of aldehydes is 1. The lowest BCUT2D eigenvalue weighted by atomic mass is 9.97. The number of hydrogen-bond donors (Lipinski definition) is 0. The predicted molar refractivity (Wildman–Crippen MR) is 66.6 cm³/mol. The first-order valence-corrected chi connectivity index (χ1v) is 5.71. The lowest BCUT2D eigenvalue weighted by Crippen LogP contribution is -2.09. The highest BCUT2D eigenvalue weighted by Crippen LogP contribution is 2.35. The summed E-state index contributed by atoms with van der Waals surface area (Å²) in [4.78, 5) is 10.4. The third-order valence-corrected chi connectivity index (χ3v) is 2.83. The predicted octanol–water partition coefficient (Wildman–Crippen LogP) is 4.11. The Labute approximate surface area is 108 Å². The average Bonchev–Trinajstić information content (AvgIpc) is 2.39. The van der Waals surface area contributed by atoms with Gasteiger partial charge in [-0.15, -0.1) is 0 Å². The van der Waals surface area contributed by atoms with Crippen molar-refractivity contribution in [2.24, 2.45) is 0 Å². The van der Waals surface area contributed by atoms with Crippen molar-refractivity contribution >= 4 is 6.29 Å². The van der Waals surface area contributed by atoms with Crippen LogP contribution in [0.3, 0.4) is 0 Å². The molecule has 98 valence electrons. The van der Waals surface area contributed by atoms with Gasteiger partial charge in [-0.1, -0.05) is 42.5 Å². The Morgan fingerprint density at radius 1 is 0.947 bits per heavy atom. The number of alkyl halides is 3. The summed E-state index contributed by atoms with van der Waals surface area (Å²) >= 11 is 0. The van der Waals surface area contributed by atoms with E-state index in [1.807, 2.05) is 0 Å². The van der Waals surface area contributed by atoms with Gasteiger partial charge in [0.05, 0.1) is 5.56 Å². The Hall–Kier alpha value is -2.10. The lowest BCUT2D eigenvalue weighted by Gasteiger charge is -2.13. The van der Waals surface area contributed by atoms with Gasteiger partial charge in [0, 0.05) is 6.42 Å². The maximum atomic E-state index is 13.0. The molecule has 0 unspecified atom stereocenters. The minimum atomic E-state index is -4.46. The van der Waals surface area contributed by atoms with E-state index in [1.54, 1.807) is 36.4 Å². The van der Waals surface area contributed by atoms with Crippen LogP contribution in [0.5, 0.6) is 0 Å². The molecule has 1 nitrogen and oxygen atoms in total. The second kappa shape index (κ2) is 5.26. The molecule has 0 spiro atoms. The van der Waals surface area contributed by atoms with E-state index in [0.29, 0.717) is 17.4 Å². The van der Waals surface area contributed by atoms with Crippen molar-refractivity contribution in [2.45, 2.75) is 12.6 Å². The minimum Gasteiger partial charge on any atom is -0.303 e. The van der Waals surface area contributed by atoms with Crippen molar-refractivity contribution in [2.75, 3.05) is 0 Å². The van der Waals surface area contributed by atoms with Crippen LogP contribution in [0.2, 0.25) is 0 Å². The minimum absolute atomic E-state index is 0.00202. The molecule has 0 saturated heterocycles. The molecule has 0 bridgehead atoms. The second-order valence-electron chi connectivity index (χ2n) is 4.11. The zero-order valence-corrected chi connectivity index (χ0v) is 9.95. The van der Waals surface area contributed by atoms with Crippen LogP contribution in [0.1, 0.15) is 11.1 Å². The molecule has 2 rings (SSSR count). The molecule has 2 aromatic carbocycles. The molecule has 0 aliphatic rings. The number of halogens is 3. The van der Waals surface area contributed by atoms with Crippen LogP contribution in [-0.4, -0.2) is 6.29 Å². The van der Waals surface area contributed by atoms with Gasteiger partial charge in [-0.05, 0) is 22.8 Å². The van der Waals surface area contributed by atoms with Crippen LogP contribution >= 0.6 is 0 Å². The summed E-state index contributed by atoms with van der Waals surface area (Å²) in [6, 6.07) is 12.9. The lowest BCUT2D eigenvalue weighted by molar-refractivity contribution is -0.138. The summed E-state index contributed by atoms with van der Waals surface area (Å²) in [6.07, 6.45) is -4.21. The molecule has 2 aromatic rings. The molecule has 0 N–H and O–H groups in total. The van der Waals surface area contributed by atoms with Crippen LogP contribution in [0, 0.1) is 0 Å². The third kappa shape index (κ3) is 3.02. The summed E-state index contributed by atoms with van der Waals surface area (Å²) in [5, 5.41) is 0. The number of rotatable bonds is 3. The topological polar surface area (TPSA) is 17.1 Å². The standard InChI is InChI=1S/C15H11F3O/c16-15(17,18)14-10-13(7-6-12(14)8-9-19)11-4-2-1-3-5-11/h1-7,9-10H,8H2. The molecule has 0 amide bonds. The Morgan fingerprint density at radius 3 is 2.21 bits per heavy atom. The van der Waals surface area contributed by atoms with E-state index >= 15 is 0 Å². The molecule has 0 atom stereocenters. The smallest absolute Gasteiger partial charge is 0.303 e. The summed E-state index contributed by atoms with van der Waals surface area (Å²) < 4.78 is 38.9. The van der Waals surface area contributed by atoms with Crippen LogP contribution in [0.4, 0.5) is 13.2 Å². The molecule has 0 fully saturated rings. The van der Waals surface area contributed by atoms with Gasteiger partial charge in [0.1, 0.15) is 6.29 Å². The van der Waals surface area contributed by atoms with Gasteiger partial charge < -0.3 is 4.79 Å². The van der Waals surface area contributed by atoms with Crippen molar-refractivity contribution in [1.82, 2.24) is 0 Å². The molecular weight excluding hydrogens is 253 g/mol. The third-order valence-electron chi connectivity index (χ3n) is 2.83. The molecule has 0 aliphatic carbocycles. The first-order valence-electron chi connectivity index (χ1n) is 5.71. The first kappa shape index (κ1) is 13.3. The van der Waals surface area contributed by atoms with Crippen LogP contribution in [-0.2, 0) is 17.4 Å². The van der Waals surface area contributed by atoms with Crippen molar-refractivity contribution in [3.63, 3.8) is 0 Å². The van der Waals surface area contributed by atoms with Crippen molar-refractivity contribution in [3.8, 4) is 11.1 Å². The van der Waals surface area contributed by atoms with E-state index < -0.39 is 11.7 Å². The summed E-state index contributed by atoms with van der Waals surface area (Å²) in [7, 11) is 0. The Kier molecular flexibility index (Phi) is 3.69. The average molecular weight is 264 g/mol.